The van der Waals surface area contributed by atoms with Crippen molar-refractivity contribution >= 4 is 21.9 Å². The van der Waals surface area contributed by atoms with Gasteiger partial charge in [0.15, 0.2) is 0 Å². The summed E-state index contributed by atoms with van der Waals surface area (Å²) in [6.07, 6.45) is -4.44. The van der Waals surface area contributed by atoms with E-state index in [9.17, 15) is 18.0 Å². The molecule has 32 heavy (non-hydrogen) atoms. The first-order valence-electron chi connectivity index (χ1n) is 9.91. The van der Waals surface area contributed by atoms with E-state index in [2.05, 4.69) is 0 Å². The van der Waals surface area contributed by atoms with Gasteiger partial charge in [-0.25, -0.2) is 0 Å². The minimum Gasteiger partial charge on any atom is -0.491 e. The normalized spacial score (nSPS) is 15.8. The molecule has 164 valence electrons. The number of alkyl halides is 3. The fourth-order valence-corrected chi connectivity index (χ4v) is 3.42. The molecule has 1 aliphatic rings. The van der Waals surface area contributed by atoms with Gasteiger partial charge in [-0.3, -0.25) is 4.79 Å². The summed E-state index contributed by atoms with van der Waals surface area (Å²) < 4.78 is 61.7. The Balaban J connectivity index is 1.55. The van der Waals surface area contributed by atoms with E-state index in [1.807, 2.05) is 0 Å². The van der Waals surface area contributed by atoms with Gasteiger partial charge in [0.25, 0.3) is 0 Å². The van der Waals surface area contributed by atoms with Gasteiger partial charge in [-0.1, -0.05) is 24.3 Å². The molecule has 0 radical (unpaired) electrons. The fraction of sp³-hybridized carbons (Fsp3) is 0.208. The second-order valence-electron chi connectivity index (χ2n) is 7.48. The van der Waals surface area contributed by atoms with Crippen molar-refractivity contribution in [3.8, 4) is 11.5 Å². The minimum atomic E-state index is -4.46. The molecule has 8 heteroatoms. The van der Waals surface area contributed by atoms with Crippen molar-refractivity contribution in [3.05, 3.63) is 82.0 Å². The quantitative estimate of drug-likeness (QED) is 0.299. The van der Waals surface area contributed by atoms with Crippen molar-refractivity contribution < 1.29 is 31.8 Å². The molecule has 0 saturated carbocycles. The van der Waals surface area contributed by atoms with E-state index in [-0.39, 0.29) is 34.9 Å². The summed E-state index contributed by atoms with van der Waals surface area (Å²) in [5, 5.41) is 0.578. The largest absolute Gasteiger partial charge is 0.491 e. The van der Waals surface area contributed by atoms with Crippen LogP contribution in [0.5, 0.6) is 11.5 Å². The molecule has 0 amide bonds. The van der Waals surface area contributed by atoms with Crippen LogP contribution in [0.4, 0.5) is 13.2 Å². The van der Waals surface area contributed by atoms with Gasteiger partial charge in [0.1, 0.15) is 47.4 Å². The fourth-order valence-electron chi connectivity index (χ4n) is 3.42. The zero-order valence-corrected chi connectivity index (χ0v) is 16.6. The first-order chi connectivity index (χ1) is 15.4. The van der Waals surface area contributed by atoms with Crippen molar-refractivity contribution in [2.24, 2.45) is 0 Å². The van der Waals surface area contributed by atoms with Crippen LogP contribution >= 0.6 is 0 Å². The highest BCUT2D eigenvalue weighted by molar-refractivity contribution is 5.94. The van der Waals surface area contributed by atoms with E-state index in [0.29, 0.717) is 35.5 Å². The molecule has 1 saturated heterocycles. The zero-order valence-electron chi connectivity index (χ0n) is 16.6. The summed E-state index contributed by atoms with van der Waals surface area (Å²) in [6, 6.07) is 14.8. The van der Waals surface area contributed by atoms with Gasteiger partial charge >= 0.3 is 6.18 Å². The highest BCUT2D eigenvalue weighted by atomic mass is 19.4. The molecule has 0 aliphatic carbocycles. The monoisotopic (exact) mass is 442 g/mol. The van der Waals surface area contributed by atoms with Gasteiger partial charge in [-0.05, 0) is 29.8 Å². The minimum absolute atomic E-state index is 0.0174. The van der Waals surface area contributed by atoms with Crippen LogP contribution in [0, 0.1) is 0 Å². The highest BCUT2D eigenvalue weighted by Crippen LogP contribution is 2.33. The van der Waals surface area contributed by atoms with Crippen LogP contribution in [0.2, 0.25) is 0 Å². The Bertz CT molecular complexity index is 1360. The Morgan fingerprint density at radius 2 is 1.78 bits per heavy atom. The molecule has 1 aromatic heterocycles. The molecule has 3 aromatic carbocycles. The Morgan fingerprint density at radius 1 is 0.969 bits per heavy atom. The molecule has 1 aliphatic heterocycles. The summed E-state index contributed by atoms with van der Waals surface area (Å²) in [4.78, 5) is 13.1. The van der Waals surface area contributed by atoms with E-state index in [4.69, 9.17) is 18.6 Å². The highest BCUT2D eigenvalue weighted by Gasteiger charge is 2.30. The number of rotatable bonds is 6. The number of epoxide rings is 1. The first kappa shape index (κ1) is 20.4. The molecule has 1 atom stereocenters. The van der Waals surface area contributed by atoms with E-state index in [1.165, 1.54) is 12.1 Å². The Labute approximate surface area is 179 Å². The molecular weight excluding hydrogens is 425 g/mol. The molecule has 0 bridgehead atoms. The Morgan fingerprint density at radius 3 is 2.56 bits per heavy atom. The van der Waals surface area contributed by atoms with E-state index in [0.717, 1.165) is 12.1 Å². The lowest BCUT2D eigenvalue weighted by Gasteiger charge is -2.13. The molecule has 4 aromatic rings. The molecule has 0 spiro atoms. The number of ether oxygens (including phenoxy) is 3. The Hall–Kier alpha value is -3.52. The van der Waals surface area contributed by atoms with Crippen molar-refractivity contribution in [2.45, 2.75) is 18.9 Å². The lowest BCUT2D eigenvalue weighted by atomic mass is 10.1. The van der Waals surface area contributed by atoms with Crippen molar-refractivity contribution in [1.82, 2.24) is 0 Å². The molecule has 1 fully saturated rings. The average molecular weight is 442 g/mol. The molecular formula is C24H17F3O5. The van der Waals surface area contributed by atoms with Gasteiger partial charge in [0, 0.05) is 12.1 Å². The van der Waals surface area contributed by atoms with Crippen molar-refractivity contribution in [1.29, 1.82) is 0 Å². The van der Waals surface area contributed by atoms with E-state index in [1.54, 1.807) is 36.4 Å². The Kier molecular flexibility index (Phi) is 5.01. The van der Waals surface area contributed by atoms with Crippen LogP contribution in [0.25, 0.3) is 21.9 Å². The van der Waals surface area contributed by atoms with Crippen LogP contribution in [-0.2, 0) is 17.5 Å². The number of hydrogen-bond acceptors (Lipinski definition) is 5. The SMILES string of the molecule is O=c1c2ccccc2oc2cc(OCC3CO3)cc(OCc3cccc(C(F)(F)F)c3)c12. The van der Waals surface area contributed by atoms with Crippen LogP contribution in [0.3, 0.4) is 0 Å². The number of para-hydroxylation sites is 1. The van der Waals surface area contributed by atoms with Gasteiger partial charge in [0.2, 0.25) is 5.43 Å². The van der Waals surface area contributed by atoms with Crippen LogP contribution < -0.4 is 14.9 Å². The predicted molar refractivity (Wildman–Crippen MR) is 111 cm³/mol. The predicted octanol–water partition coefficient (Wildman–Crippen LogP) is 5.32. The summed E-state index contributed by atoms with van der Waals surface area (Å²) in [7, 11) is 0. The molecule has 5 rings (SSSR count). The average Bonchev–Trinajstić information content (AvgIpc) is 3.60. The van der Waals surface area contributed by atoms with Crippen LogP contribution in [-0.4, -0.2) is 19.3 Å². The third-order valence-electron chi connectivity index (χ3n) is 5.11. The summed E-state index contributed by atoms with van der Waals surface area (Å²) in [5.41, 5.74) is -0.0669. The maximum atomic E-state index is 13.1. The molecule has 1 unspecified atom stereocenters. The van der Waals surface area contributed by atoms with Gasteiger partial charge in [-0.2, -0.15) is 13.2 Å². The van der Waals surface area contributed by atoms with Crippen LogP contribution in [0.15, 0.2) is 69.9 Å². The lowest BCUT2D eigenvalue weighted by molar-refractivity contribution is -0.137. The molecule has 5 nitrogen and oxygen atoms in total. The smallest absolute Gasteiger partial charge is 0.416 e. The topological polar surface area (TPSA) is 61.2 Å². The maximum absolute atomic E-state index is 13.1. The molecule has 2 heterocycles. The number of hydrogen-bond donors (Lipinski definition) is 0. The second kappa shape index (κ2) is 7.87. The third kappa shape index (κ3) is 4.13. The lowest BCUT2D eigenvalue weighted by Crippen LogP contribution is -2.09. The molecule has 0 N–H and O–H groups in total. The van der Waals surface area contributed by atoms with Crippen LogP contribution in [0.1, 0.15) is 11.1 Å². The van der Waals surface area contributed by atoms with Crippen molar-refractivity contribution in [3.63, 3.8) is 0 Å². The van der Waals surface area contributed by atoms with Gasteiger partial charge in [0.05, 0.1) is 17.6 Å². The first-order valence-corrected chi connectivity index (χ1v) is 9.91. The summed E-state index contributed by atoms with van der Waals surface area (Å²) in [6.45, 7) is 0.781. The van der Waals surface area contributed by atoms with E-state index < -0.39 is 11.7 Å². The summed E-state index contributed by atoms with van der Waals surface area (Å²) in [5.74, 6) is 0.580. The van der Waals surface area contributed by atoms with Crippen molar-refractivity contribution in [2.75, 3.05) is 13.2 Å². The third-order valence-corrected chi connectivity index (χ3v) is 5.11. The van der Waals surface area contributed by atoms with Gasteiger partial charge < -0.3 is 18.6 Å². The number of benzene rings is 3. The zero-order chi connectivity index (χ0) is 22.3. The van der Waals surface area contributed by atoms with Gasteiger partial charge in [-0.15, -0.1) is 0 Å². The number of halogens is 3. The standard InChI is InChI=1S/C24H17F3O5/c25-24(26,27)15-5-3-4-14(8-15)11-31-20-9-16(29-12-17-13-30-17)10-21-22(20)23(28)18-6-1-2-7-19(18)32-21/h1-10,17H,11-13H2. The van der Waals surface area contributed by atoms with E-state index >= 15 is 0 Å². The summed E-state index contributed by atoms with van der Waals surface area (Å²) >= 11 is 0. The number of fused-ring (bicyclic) bond motifs is 2. The maximum Gasteiger partial charge on any atom is 0.416 e. The second-order valence-corrected chi connectivity index (χ2v) is 7.48.